The van der Waals surface area contributed by atoms with Crippen LogP contribution in [0.25, 0.3) is 0 Å². The Balaban J connectivity index is 2.28. The highest BCUT2D eigenvalue weighted by molar-refractivity contribution is 7.99. The van der Waals surface area contributed by atoms with Crippen molar-refractivity contribution in [3.63, 3.8) is 0 Å². The van der Waals surface area contributed by atoms with Gasteiger partial charge in [0.25, 0.3) is 5.56 Å². The molecule has 84 valence electrons. The Kier molecular flexibility index (Phi) is 5.79. The molecule has 0 bridgehead atoms. The van der Waals surface area contributed by atoms with Crippen LogP contribution in [-0.2, 0) is 0 Å². The van der Waals surface area contributed by atoms with Gasteiger partial charge in [0, 0.05) is 23.9 Å². The fourth-order valence-corrected chi connectivity index (χ4v) is 2.51. The molecule has 1 aromatic rings. The summed E-state index contributed by atoms with van der Waals surface area (Å²) in [5, 5.41) is 0.695. The van der Waals surface area contributed by atoms with Crippen LogP contribution in [0.5, 0.6) is 0 Å². The minimum absolute atomic E-state index is 0.0960. The predicted molar refractivity (Wildman–Crippen MR) is 64.7 cm³/mol. The molecule has 3 nitrogen and oxygen atoms in total. The van der Waals surface area contributed by atoms with Gasteiger partial charge >= 0.3 is 0 Å². The fraction of sp³-hybridized carbons (Fsp3) is 0.600. The van der Waals surface area contributed by atoms with E-state index in [2.05, 4.69) is 16.9 Å². The third-order valence-corrected chi connectivity index (χ3v) is 3.24. The first kappa shape index (κ1) is 12.6. The number of rotatable bonds is 6. The van der Waals surface area contributed by atoms with Gasteiger partial charge in [-0.25, -0.2) is 4.98 Å². The van der Waals surface area contributed by atoms with E-state index < -0.39 is 0 Å². The first-order valence-electron chi connectivity index (χ1n) is 4.96. The van der Waals surface area contributed by atoms with Crippen molar-refractivity contribution in [2.24, 2.45) is 5.92 Å². The Labute approximate surface area is 98.6 Å². The first-order valence-corrected chi connectivity index (χ1v) is 6.48. The second-order valence-electron chi connectivity index (χ2n) is 3.46. The van der Waals surface area contributed by atoms with Gasteiger partial charge in [-0.1, -0.05) is 18.7 Å². The van der Waals surface area contributed by atoms with Crippen LogP contribution >= 0.6 is 23.4 Å². The van der Waals surface area contributed by atoms with E-state index in [0.29, 0.717) is 17.0 Å². The van der Waals surface area contributed by atoms with Crippen molar-refractivity contribution >= 4 is 23.4 Å². The number of aromatic amines is 1. The van der Waals surface area contributed by atoms with Crippen LogP contribution in [0.1, 0.15) is 19.8 Å². The summed E-state index contributed by atoms with van der Waals surface area (Å²) < 4.78 is 0. The summed E-state index contributed by atoms with van der Waals surface area (Å²) in [4.78, 5) is 17.7. The van der Waals surface area contributed by atoms with E-state index in [4.69, 9.17) is 11.6 Å². The Morgan fingerprint density at radius 3 is 3.07 bits per heavy atom. The lowest BCUT2D eigenvalue weighted by molar-refractivity contribution is 0.551. The van der Waals surface area contributed by atoms with Crippen LogP contribution in [0.15, 0.2) is 22.2 Å². The predicted octanol–water partition coefficient (Wildman–Crippen LogP) is 2.52. The summed E-state index contributed by atoms with van der Waals surface area (Å²) in [6, 6.07) is 1.42. The van der Waals surface area contributed by atoms with E-state index in [1.807, 2.05) is 0 Å². The standard InChI is InChI=1S/C10H15ClN2OS/c1-8(2-5-11)4-7-15-10-12-6-3-9(14)13-10/h3,6,8H,2,4-5,7H2,1H3,(H,12,13,14). The van der Waals surface area contributed by atoms with Gasteiger partial charge in [-0.15, -0.1) is 11.6 Å². The number of thioether (sulfide) groups is 1. The van der Waals surface area contributed by atoms with Crippen LogP contribution in [0.3, 0.4) is 0 Å². The topological polar surface area (TPSA) is 45.8 Å². The maximum absolute atomic E-state index is 11.0. The summed E-state index contributed by atoms with van der Waals surface area (Å²) in [5.41, 5.74) is -0.0960. The van der Waals surface area contributed by atoms with E-state index in [1.165, 1.54) is 12.3 Å². The Bertz CT molecular complexity index is 342. The molecule has 1 atom stereocenters. The maximum Gasteiger partial charge on any atom is 0.251 e. The van der Waals surface area contributed by atoms with Crippen molar-refractivity contribution in [1.29, 1.82) is 0 Å². The lowest BCUT2D eigenvalue weighted by atomic mass is 10.1. The van der Waals surface area contributed by atoms with Crippen molar-refractivity contribution in [2.75, 3.05) is 11.6 Å². The third kappa shape index (κ3) is 5.23. The smallest absolute Gasteiger partial charge is 0.251 e. The molecule has 0 saturated carbocycles. The molecule has 0 aliphatic rings. The molecule has 1 aromatic heterocycles. The van der Waals surface area contributed by atoms with E-state index in [9.17, 15) is 4.79 Å². The van der Waals surface area contributed by atoms with Crippen LogP contribution in [0.2, 0.25) is 0 Å². The summed E-state index contributed by atoms with van der Waals surface area (Å²) in [7, 11) is 0. The summed E-state index contributed by atoms with van der Waals surface area (Å²) >= 11 is 7.23. The zero-order valence-electron chi connectivity index (χ0n) is 8.70. The molecule has 1 heterocycles. The zero-order chi connectivity index (χ0) is 11.1. The quantitative estimate of drug-likeness (QED) is 0.477. The largest absolute Gasteiger partial charge is 0.301 e. The number of hydrogen-bond donors (Lipinski definition) is 1. The molecule has 1 N–H and O–H groups in total. The molecule has 0 spiro atoms. The minimum Gasteiger partial charge on any atom is -0.301 e. The molecule has 0 aliphatic carbocycles. The summed E-state index contributed by atoms with van der Waals surface area (Å²) in [6.07, 6.45) is 3.67. The van der Waals surface area contributed by atoms with Gasteiger partial charge in [-0.3, -0.25) is 4.79 Å². The fourth-order valence-electron chi connectivity index (χ4n) is 1.11. The van der Waals surface area contributed by atoms with Crippen molar-refractivity contribution in [3.05, 3.63) is 22.6 Å². The van der Waals surface area contributed by atoms with E-state index in [0.717, 1.165) is 18.6 Å². The van der Waals surface area contributed by atoms with Gasteiger partial charge in [0.15, 0.2) is 5.16 Å². The Morgan fingerprint density at radius 1 is 1.60 bits per heavy atom. The Morgan fingerprint density at radius 2 is 2.40 bits per heavy atom. The van der Waals surface area contributed by atoms with Gasteiger partial charge in [0.05, 0.1) is 0 Å². The van der Waals surface area contributed by atoms with Crippen molar-refractivity contribution < 1.29 is 0 Å². The summed E-state index contributed by atoms with van der Waals surface area (Å²) in [6.45, 7) is 2.18. The second kappa shape index (κ2) is 6.90. The van der Waals surface area contributed by atoms with Crippen LogP contribution < -0.4 is 5.56 Å². The normalized spacial score (nSPS) is 12.7. The van der Waals surface area contributed by atoms with Gasteiger partial charge < -0.3 is 4.98 Å². The number of alkyl halides is 1. The monoisotopic (exact) mass is 246 g/mol. The number of aromatic nitrogens is 2. The molecule has 0 aliphatic heterocycles. The molecular formula is C10H15ClN2OS. The number of H-pyrrole nitrogens is 1. The minimum atomic E-state index is -0.0960. The molecule has 0 radical (unpaired) electrons. The maximum atomic E-state index is 11.0. The number of halogens is 1. The van der Waals surface area contributed by atoms with E-state index >= 15 is 0 Å². The van der Waals surface area contributed by atoms with Gasteiger partial charge in [-0.2, -0.15) is 0 Å². The van der Waals surface area contributed by atoms with Crippen molar-refractivity contribution in [1.82, 2.24) is 9.97 Å². The average molecular weight is 247 g/mol. The van der Waals surface area contributed by atoms with Crippen LogP contribution in [0, 0.1) is 5.92 Å². The molecule has 0 amide bonds. The third-order valence-electron chi connectivity index (χ3n) is 2.10. The highest BCUT2D eigenvalue weighted by atomic mass is 35.5. The molecule has 15 heavy (non-hydrogen) atoms. The lowest BCUT2D eigenvalue weighted by Crippen LogP contribution is -2.06. The van der Waals surface area contributed by atoms with Gasteiger partial charge in [0.2, 0.25) is 0 Å². The van der Waals surface area contributed by atoms with Gasteiger partial charge in [-0.05, 0) is 18.8 Å². The van der Waals surface area contributed by atoms with Crippen molar-refractivity contribution in [2.45, 2.75) is 24.9 Å². The average Bonchev–Trinajstić information content (AvgIpc) is 2.18. The SMILES string of the molecule is CC(CCCl)CCSc1nccc(=O)[nH]1. The van der Waals surface area contributed by atoms with Gasteiger partial charge in [0.1, 0.15) is 0 Å². The molecule has 0 aromatic carbocycles. The number of nitrogens with one attached hydrogen (secondary N) is 1. The molecule has 5 heteroatoms. The number of hydrogen-bond acceptors (Lipinski definition) is 3. The van der Waals surface area contributed by atoms with Crippen LogP contribution in [-0.4, -0.2) is 21.6 Å². The zero-order valence-corrected chi connectivity index (χ0v) is 10.3. The molecule has 0 fully saturated rings. The molecular weight excluding hydrogens is 232 g/mol. The van der Waals surface area contributed by atoms with E-state index in [-0.39, 0.29) is 5.56 Å². The first-order chi connectivity index (χ1) is 7.22. The second-order valence-corrected chi connectivity index (χ2v) is 4.92. The lowest BCUT2D eigenvalue weighted by Gasteiger charge is -2.07. The number of nitrogens with zero attached hydrogens (tertiary/aromatic N) is 1. The molecule has 1 rings (SSSR count). The summed E-state index contributed by atoms with van der Waals surface area (Å²) in [5.74, 6) is 2.31. The Hall–Kier alpha value is -0.480. The highest BCUT2D eigenvalue weighted by Gasteiger charge is 2.02. The molecule has 1 unspecified atom stereocenters. The van der Waals surface area contributed by atoms with Crippen molar-refractivity contribution in [3.8, 4) is 0 Å². The van der Waals surface area contributed by atoms with Crippen LogP contribution in [0.4, 0.5) is 0 Å². The van der Waals surface area contributed by atoms with E-state index in [1.54, 1.807) is 11.8 Å². The molecule has 0 saturated heterocycles. The highest BCUT2D eigenvalue weighted by Crippen LogP contribution is 2.16.